The first kappa shape index (κ1) is 19.4. The second-order valence-corrected chi connectivity index (χ2v) is 6.56. The SMILES string of the molecule is CCC(=O)NCCc1cc(-c2cccc(C(=O)O)c2)cc2ccc(OC)cc12. The molecule has 0 saturated heterocycles. The molecule has 0 radical (unpaired) electrons. The van der Waals surface area contributed by atoms with Crippen LogP contribution in [0.2, 0.25) is 0 Å². The number of benzene rings is 3. The van der Waals surface area contributed by atoms with Crippen LogP contribution in [0.3, 0.4) is 0 Å². The van der Waals surface area contributed by atoms with Crippen LogP contribution in [0.5, 0.6) is 5.75 Å². The number of carbonyl (C=O) groups excluding carboxylic acids is 1. The van der Waals surface area contributed by atoms with Crippen molar-refractivity contribution in [3.63, 3.8) is 0 Å². The highest BCUT2D eigenvalue weighted by molar-refractivity contribution is 5.93. The predicted molar refractivity (Wildman–Crippen MR) is 110 cm³/mol. The molecule has 28 heavy (non-hydrogen) atoms. The average Bonchev–Trinajstić information content (AvgIpc) is 2.73. The highest BCUT2D eigenvalue weighted by Crippen LogP contribution is 2.31. The number of amides is 1. The molecule has 0 aliphatic carbocycles. The summed E-state index contributed by atoms with van der Waals surface area (Å²) in [6.45, 7) is 2.36. The van der Waals surface area contributed by atoms with E-state index in [9.17, 15) is 14.7 Å². The van der Waals surface area contributed by atoms with Crippen LogP contribution < -0.4 is 10.1 Å². The van der Waals surface area contributed by atoms with Gasteiger partial charge in [0.05, 0.1) is 12.7 Å². The fourth-order valence-corrected chi connectivity index (χ4v) is 3.21. The van der Waals surface area contributed by atoms with Crippen LogP contribution in [0.25, 0.3) is 21.9 Å². The van der Waals surface area contributed by atoms with Gasteiger partial charge in [-0.15, -0.1) is 0 Å². The fourth-order valence-electron chi connectivity index (χ4n) is 3.21. The van der Waals surface area contributed by atoms with Gasteiger partial charge in [-0.25, -0.2) is 4.79 Å². The number of methoxy groups -OCH3 is 1. The molecular formula is C23H23NO4. The predicted octanol–water partition coefficient (Wildman–Crippen LogP) is 4.28. The largest absolute Gasteiger partial charge is 0.497 e. The number of fused-ring (bicyclic) bond motifs is 1. The molecule has 3 aromatic rings. The minimum atomic E-state index is -0.949. The monoisotopic (exact) mass is 377 g/mol. The van der Waals surface area contributed by atoms with E-state index in [4.69, 9.17) is 4.74 Å². The Morgan fingerprint density at radius 2 is 1.86 bits per heavy atom. The zero-order valence-electron chi connectivity index (χ0n) is 16.0. The van der Waals surface area contributed by atoms with Gasteiger partial charge in [0.15, 0.2) is 0 Å². The van der Waals surface area contributed by atoms with Crippen molar-refractivity contribution in [3.05, 3.63) is 65.7 Å². The molecule has 0 spiro atoms. The van der Waals surface area contributed by atoms with E-state index in [1.807, 2.05) is 37.3 Å². The number of nitrogens with one attached hydrogen (secondary N) is 1. The normalized spacial score (nSPS) is 10.6. The zero-order chi connectivity index (χ0) is 20.1. The Hall–Kier alpha value is -3.34. The van der Waals surface area contributed by atoms with Crippen LogP contribution in [-0.4, -0.2) is 30.6 Å². The van der Waals surface area contributed by atoms with Gasteiger partial charge in [-0.1, -0.05) is 31.2 Å². The van der Waals surface area contributed by atoms with Crippen molar-refractivity contribution in [2.75, 3.05) is 13.7 Å². The molecule has 2 N–H and O–H groups in total. The van der Waals surface area contributed by atoms with E-state index >= 15 is 0 Å². The maximum atomic E-state index is 11.6. The summed E-state index contributed by atoms with van der Waals surface area (Å²) in [5, 5.41) is 14.3. The first-order valence-electron chi connectivity index (χ1n) is 9.23. The molecule has 3 rings (SSSR count). The lowest BCUT2D eigenvalue weighted by molar-refractivity contribution is -0.120. The number of aromatic carboxylic acids is 1. The maximum Gasteiger partial charge on any atom is 0.335 e. The molecule has 0 unspecified atom stereocenters. The van der Waals surface area contributed by atoms with Crippen LogP contribution in [-0.2, 0) is 11.2 Å². The van der Waals surface area contributed by atoms with Gasteiger partial charge in [0.25, 0.3) is 0 Å². The van der Waals surface area contributed by atoms with Gasteiger partial charge in [0, 0.05) is 13.0 Å². The maximum absolute atomic E-state index is 11.6. The molecule has 5 heteroatoms. The standard InChI is InChI=1S/C23H23NO4/c1-3-22(25)24-10-9-17-13-19(15-5-4-6-18(11-15)23(26)27)12-16-7-8-20(28-2)14-21(16)17/h4-8,11-14H,3,9-10H2,1-2H3,(H,24,25)(H,26,27). The van der Waals surface area contributed by atoms with Crippen LogP contribution >= 0.6 is 0 Å². The Kier molecular flexibility index (Phi) is 5.94. The lowest BCUT2D eigenvalue weighted by atomic mass is 9.94. The van der Waals surface area contributed by atoms with Crippen molar-refractivity contribution in [3.8, 4) is 16.9 Å². The van der Waals surface area contributed by atoms with E-state index < -0.39 is 5.97 Å². The number of carboxylic acids is 1. The van der Waals surface area contributed by atoms with Gasteiger partial charge in [0.2, 0.25) is 5.91 Å². The van der Waals surface area contributed by atoms with Crippen molar-refractivity contribution in [2.24, 2.45) is 0 Å². The van der Waals surface area contributed by atoms with E-state index in [2.05, 4.69) is 11.4 Å². The summed E-state index contributed by atoms with van der Waals surface area (Å²) in [5.41, 5.74) is 3.11. The van der Waals surface area contributed by atoms with E-state index in [0.29, 0.717) is 19.4 Å². The van der Waals surface area contributed by atoms with Gasteiger partial charge in [-0.2, -0.15) is 0 Å². The van der Waals surface area contributed by atoms with E-state index in [1.54, 1.807) is 25.3 Å². The molecule has 0 aromatic heterocycles. The van der Waals surface area contributed by atoms with Gasteiger partial charge < -0.3 is 15.2 Å². The number of ether oxygens (including phenoxy) is 1. The molecule has 0 saturated carbocycles. The molecule has 0 aliphatic heterocycles. The quantitative estimate of drug-likeness (QED) is 0.644. The Morgan fingerprint density at radius 3 is 2.57 bits per heavy atom. The van der Waals surface area contributed by atoms with E-state index in [0.717, 1.165) is 33.2 Å². The van der Waals surface area contributed by atoms with Crippen molar-refractivity contribution in [1.29, 1.82) is 0 Å². The summed E-state index contributed by atoms with van der Waals surface area (Å²) in [7, 11) is 1.63. The highest BCUT2D eigenvalue weighted by atomic mass is 16.5. The summed E-state index contributed by atoms with van der Waals surface area (Å²) < 4.78 is 5.36. The molecule has 0 bridgehead atoms. The van der Waals surface area contributed by atoms with E-state index in [-0.39, 0.29) is 11.5 Å². The second-order valence-electron chi connectivity index (χ2n) is 6.56. The number of carbonyl (C=O) groups is 2. The molecule has 0 fully saturated rings. The number of hydrogen-bond donors (Lipinski definition) is 2. The van der Waals surface area contributed by atoms with Gasteiger partial charge in [0.1, 0.15) is 5.75 Å². The third kappa shape index (κ3) is 4.31. The zero-order valence-corrected chi connectivity index (χ0v) is 16.0. The van der Waals surface area contributed by atoms with Crippen LogP contribution in [0.4, 0.5) is 0 Å². The van der Waals surface area contributed by atoms with E-state index in [1.165, 1.54) is 0 Å². The molecular weight excluding hydrogens is 354 g/mol. The fraction of sp³-hybridized carbons (Fsp3) is 0.217. The minimum Gasteiger partial charge on any atom is -0.497 e. The van der Waals surface area contributed by atoms with Crippen LogP contribution in [0, 0.1) is 0 Å². The summed E-state index contributed by atoms with van der Waals surface area (Å²) in [6, 6.07) is 16.9. The lowest BCUT2D eigenvalue weighted by Gasteiger charge is -2.13. The Bertz CT molecular complexity index is 1030. The van der Waals surface area contributed by atoms with Crippen LogP contribution in [0.1, 0.15) is 29.3 Å². The molecule has 0 atom stereocenters. The molecule has 0 heterocycles. The van der Waals surface area contributed by atoms with Crippen molar-refractivity contribution in [1.82, 2.24) is 5.32 Å². The first-order chi connectivity index (χ1) is 13.5. The summed E-state index contributed by atoms with van der Waals surface area (Å²) >= 11 is 0. The molecule has 3 aromatic carbocycles. The van der Waals surface area contributed by atoms with Gasteiger partial charge >= 0.3 is 5.97 Å². The summed E-state index contributed by atoms with van der Waals surface area (Å²) in [4.78, 5) is 22.9. The third-order valence-corrected chi connectivity index (χ3v) is 4.73. The van der Waals surface area contributed by atoms with Gasteiger partial charge in [-0.05, 0) is 64.2 Å². The lowest BCUT2D eigenvalue weighted by Crippen LogP contribution is -2.24. The highest BCUT2D eigenvalue weighted by Gasteiger charge is 2.10. The average molecular weight is 377 g/mol. The third-order valence-electron chi connectivity index (χ3n) is 4.73. The van der Waals surface area contributed by atoms with Crippen molar-refractivity contribution < 1.29 is 19.4 Å². The van der Waals surface area contributed by atoms with Crippen molar-refractivity contribution >= 4 is 22.6 Å². The van der Waals surface area contributed by atoms with Gasteiger partial charge in [-0.3, -0.25) is 4.79 Å². The van der Waals surface area contributed by atoms with Crippen LogP contribution in [0.15, 0.2) is 54.6 Å². The Morgan fingerprint density at radius 1 is 1.04 bits per heavy atom. The first-order valence-corrected chi connectivity index (χ1v) is 9.23. The minimum absolute atomic E-state index is 0.0206. The topological polar surface area (TPSA) is 75.6 Å². The number of hydrogen-bond acceptors (Lipinski definition) is 3. The number of carboxylic acid groups (broad SMARTS) is 1. The molecule has 5 nitrogen and oxygen atoms in total. The second kappa shape index (κ2) is 8.57. The molecule has 0 aliphatic rings. The number of rotatable bonds is 7. The Balaban J connectivity index is 2.05. The summed E-state index contributed by atoms with van der Waals surface area (Å²) in [6.07, 6.45) is 1.12. The summed E-state index contributed by atoms with van der Waals surface area (Å²) in [5.74, 6) is -0.158. The molecule has 1 amide bonds. The molecule has 144 valence electrons. The van der Waals surface area contributed by atoms with Crippen molar-refractivity contribution in [2.45, 2.75) is 19.8 Å². The Labute approximate surface area is 164 Å². The smallest absolute Gasteiger partial charge is 0.335 e.